The third-order valence-corrected chi connectivity index (χ3v) is 3.63. The zero-order valence-electron chi connectivity index (χ0n) is 13.0. The second kappa shape index (κ2) is 6.08. The van der Waals surface area contributed by atoms with E-state index in [1.807, 2.05) is 30.3 Å². The highest BCUT2D eigenvalue weighted by Crippen LogP contribution is 2.23. The molecule has 8 nitrogen and oxygen atoms in total. The van der Waals surface area contributed by atoms with Crippen molar-refractivity contribution in [3.05, 3.63) is 60.5 Å². The maximum absolute atomic E-state index is 11.6. The maximum atomic E-state index is 11.6. The van der Waals surface area contributed by atoms with Gasteiger partial charge in [0.1, 0.15) is 12.2 Å². The van der Waals surface area contributed by atoms with Gasteiger partial charge in [0, 0.05) is 11.8 Å². The topological polar surface area (TPSA) is 92.7 Å². The van der Waals surface area contributed by atoms with Crippen molar-refractivity contribution in [1.82, 2.24) is 20.1 Å². The van der Waals surface area contributed by atoms with Gasteiger partial charge in [0.15, 0.2) is 5.76 Å². The summed E-state index contributed by atoms with van der Waals surface area (Å²) in [5, 5.41) is 11.9. The number of para-hydroxylation sites is 1. The Morgan fingerprint density at radius 1 is 1.16 bits per heavy atom. The number of imide groups is 1. The van der Waals surface area contributed by atoms with Gasteiger partial charge in [0.25, 0.3) is 0 Å². The molecule has 1 aliphatic rings. The van der Waals surface area contributed by atoms with Gasteiger partial charge in [0.05, 0.1) is 18.2 Å². The molecule has 0 saturated carbocycles. The lowest BCUT2D eigenvalue weighted by molar-refractivity contribution is -0.118. The third kappa shape index (κ3) is 2.92. The number of urea groups is 1. The second-order valence-corrected chi connectivity index (χ2v) is 5.35. The molecule has 1 aromatic carbocycles. The van der Waals surface area contributed by atoms with Crippen LogP contribution < -0.4 is 5.32 Å². The van der Waals surface area contributed by atoms with Crippen LogP contribution in [0, 0.1) is 0 Å². The Morgan fingerprint density at radius 2 is 2.00 bits per heavy atom. The summed E-state index contributed by atoms with van der Waals surface area (Å²) < 4.78 is 7.14. The van der Waals surface area contributed by atoms with Crippen molar-refractivity contribution in [2.24, 2.45) is 5.10 Å². The molecule has 1 aliphatic heterocycles. The smallest absolute Gasteiger partial charge is 0.344 e. The highest BCUT2D eigenvalue weighted by atomic mass is 16.3. The monoisotopic (exact) mass is 335 g/mol. The molecule has 0 spiro atoms. The lowest BCUT2D eigenvalue weighted by atomic mass is 10.2. The third-order valence-electron chi connectivity index (χ3n) is 3.63. The minimum Gasteiger partial charge on any atom is -0.463 e. The molecule has 4 rings (SSSR count). The van der Waals surface area contributed by atoms with Crippen LogP contribution in [0.1, 0.15) is 5.56 Å². The van der Waals surface area contributed by atoms with Crippen LogP contribution in [0.25, 0.3) is 17.1 Å². The standard InChI is InChI=1S/C17H13N5O3/c23-15-11-22(17(24)19-15)18-9-12-10-21(13-5-2-1-3-6-13)20-16(12)14-7-4-8-25-14/h1-10H,11H2,(H,19,23,24)/b18-9-. The normalized spacial score (nSPS) is 14.5. The molecular formula is C17H13N5O3. The first-order valence-electron chi connectivity index (χ1n) is 7.55. The van der Waals surface area contributed by atoms with E-state index in [4.69, 9.17) is 4.42 Å². The van der Waals surface area contributed by atoms with E-state index in [1.54, 1.807) is 29.3 Å². The van der Waals surface area contributed by atoms with Crippen LogP contribution in [-0.2, 0) is 4.79 Å². The first kappa shape index (κ1) is 14.9. The van der Waals surface area contributed by atoms with E-state index in [0.29, 0.717) is 17.0 Å². The molecule has 3 aromatic rings. The fourth-order valence-corrected chi connectivity index (χ4v) is 2.46. The molecule has 8 heteroatoms. The number of aromatic nitrogens is 2. The van der Waals surface area contributed by atoms with Crippen molar-refractivity contribution in [2.75, 3.05) is 6.54 Å². The highest BCUT2D eigenvalue weighted by Gasteiger charge is 2.26. The molecule has 124 valence electrons. The molecule has 0 unspecified atom stereocenters. The van der Waals surface area contributed by atoms with Crippen molar-refractivity contribution >= 4 is 18.2 Å². The largest absolute Gasteiger partial charge is 0.463 e. The van der Waals surface area contributed by atoms with Crippen LogP contribution in [0.2, 0.25) is 0 Å². The number of carbonyl (C=O) groups is 2. The van der Waals surface area contributed by atoms with Crippen molar-refractivity contribution < 1.29 is 14.0 Å². The minimum absolute atomic E-state index is 0.0990. The van der Waals surface area contributed by atoms with E-state index in [9.17, 15) is 9.59 Å². The Bertz CT molecular complexity index is 944. The van der Waals surface area contributed by atoms with E-state index in [0.717, 1.165) is 10.7 Å². The molecule has 3 heterocycles. The lowest BCUT2D eigenvalue weighted by Gasteiger charge is -2.03. The van der Waals surface area contributed by atoms with Crippen LogP contribution in [-0.4, -0.2) is 39.5 Å². The van der Waals surface area contributed by atoms with Gasteiger partial charge >= 0.3 is 6.03 Å². The molecule has 1 fully saturated rings. The van der Waals surface area contributed by atoms with Crippen LogP contribution in [0.15, 0.2) is 64.4 Å². The van der Waals surface area contributed by atoms with E-state index in [2.05, 4.69) is 15.5 Å². The highest BCUT2D eigenvalue weighted by molar-refractivity contribution is 6.02. The Balaban J connectivity index is 1.72. The van der Waals surface area contributed by atoms with Gasteiger partial charge in [-0.3, -0.25) is 10.1 Å². The summed E-state index contributed by atoms with van der Waals surface area (Å²) in [5.74, 6) is 0.200. The number of furan rings is 1. The molecule has 1 N–H and O–H groups in total. The number of nitrogens with zero attached hydrogens (tertiary/aromatic N) is 4. The number of hydrogen-bond donors (Lipinski definition) is 1. The quantitative estimate of drug-likeness (QED) is 0.583. The van der Waals surface area contributed by atoms with Crippen LogP contribution in [0.5, 0.6) is 0 Å². The number of hydrogen-bond acceptors (Lipinski definition) is 5. The molecule has 3 amide bonds. The lowest BCUT2D eigenvalue weighted by Crippen LogP contribution is -2.24. The molecule has 25 heavy (non-hydrogen) atoms. The summed E-state index contributed by atoms with van der Waals surface area (Å²) in [6.07, 6.45) is 4.83. The molecular weight excluding hydrogens is 322 g/mol. The maximum Gasteiger partial charge on any atom is 0.344 e. The zero-order valence-corrected chi connectivity index (χ0v) is 13.0. The van der Waals surface area contributed by atoms with Crippen molar-refractivity contribution in [3.8, 4) is 17.1 Å². The van der Waals surface area contributed by atoms with Crippen molar-refractivity contribution in [3.63, 3.8) is 0 Å². The summed E-state index contributed by atoms with van der Waals surface area (Å²) in [6, 6.07) is 12.6. The Labute approximate surface area is 142 Å². The number of hydrazone groups is 1. The molecule has 0 aliphatic carbocycles. The average molecular weight is 335 g/mol. The van der Waals surface area contributed by atoms with Gasteiger partial charge in [-0.2, -0.15) is 10.2 Å². The van der Waals surface area contributed by atoms with Crippen LogP contribution >= 0.6 is 0 Å². The minimum atomic E-state index is -0.545. The van der Waals surface area contributed by atoms with Gasteiger partial charge in [-0.05, 0) is 24.3 Å². The summed E-state index contributed by atoms with van der Waals surface area (Å²) in [7, 11) is 0. The van der Waals surface area contributed by atoms with E-state index < -0.39 is 6.03 Å². The Morgan fingerprint density at radius 3 is 2.68 bits per heavy atom. The summed E-state index contributed by atoms with van der Waals surface area (Å²) in [4.78, 5) is 22.8. The first-order valence-corrected chi connectivity index (χ1v) is 7.55. The van der Waals surface area contributed by atoms with E-state index in [1.165, 1.54) is 6.21 Å². The fraction of sp³-hybridized carbons (Fsp3) is 0.0588. The number of nitrogens with one attached hydrogen (secondary N) is 1. The summed E-state index contributed by atoms with van der Waals surface area (Å²) in [5.41, 5.74) is 2.12. The molecule has 0 radical (unpaired) electrons. The first-order chi connectivity index (χ1) is 12.2. The second-order valence-electron chi connectivity index (χ2n) is 5.35. The van der Waals surface area contributed by atoms with E-state index >= 15 is 0 Å². The van der Waals surface area contributed by atoms with Gasteiger partial charge in [0.2, 0.25) is 5.91 Å². The fourth-order valence-electron chi connectivity index (χ4n) is 2.46. The molecule has 0 bridgehead atoms. The SMILES string of the molecule is O=C1CN(/N=C\c2cn(-c3ccccc3)nc2-c2ccco2)C(=O)N1. The van der Waals surface area contributed by atoms with Crippen LogP contribution in [0.3, 0.4) is 0 Å². The van der Waals surface area contributed by atoms with E-state index in [-0.39, 0.29) is 12.5 Å². The summed E-state index contributed by atoms with van der Waals surface area (Å²) >= 11 is 0. The number of amides is 3. The zero-order chi connectivity index (χ0) is 17.2. The number of benzene rings is 1. The van der Waals surface area contributed by atoms with Gasteiger partial charge in [-0.25, -0.2) is 14.5 Å². The average Bonchev–Trinajstić information content (AvgIpc) is 3.33. The number of rotatable bonds is 4. The van der Waals surface area contributed by atoms with Crippen molar-refractivity contribution in [2.45, 2.75) is 0 Å². The number of carbonyl (C=O) groups excluding carboxylic acids is 2. The molecule has 2 aromatic heterocycles. The molecule has 1 saturated heterocycles. The van der Waals surface area contributed by atoms with Crippen molar-refractivity contribution in [1.29, 1.82) is 0 Å². The predicted molar refractivity (Wildman–Crippen MR) is 89.1 cm³/mol. The predicted octanol–water partition coefficient (Wildman–Crippen LogP) is 2.02. The Kier molecular flexibility index (Phi) is 3.62. The van der Waals surface area contributed by atoms with Crippen LogP contribution in [0.4, 0.5) is 4.79 Å². The van der Waals surface area contributed by atoms with Gasteiger partial charge in [-0.1, -0.05) is 18.2 Å². The Hall–Kier alpha value is -3.68. The van der Waals surface area contributed by atoms with Gasteiger partial charge in [-0.15, -0.1) is 0 Å². The van der Waals surface area contributed by atoms with Gasteiger partial charge < -0.3 is 4.42 Å². The summed E-state index contributed by atoms with van der Waals surface area (Å²) in [6.45, 7) is -0.0990. The molecule has 0 atom stereocenters.